The average molecular weight is 375 g/mol. The molecule has 0 aliphatic carbocycles. The Hall–Kier alpha value is -3.74. The Bertz CT molecular complexity index is 1160. The van der Waals surface area contributed by atoms with E-state index in [-0.39, 0.29) is 12.1 Å². The molecule has 3 amide bonds. The van der Waals surface area contributed by atoms with Gasteiger partial charge in [0.25, 0.3) is 17.4 Å². The van der Waals surface area contributed by atoms with E-state index < -0.39 is 24.3 Å². The maximum atomic E-state index is 12.3. The van der Waals surface area contributed by atoms with Crippen LogP contribution in [0.5, 0.6) is 0 Å². The number of pyridine rings is 1. The van der Waals surface area contributed by atoms with Crippen LogP contribution in [0, 0.1) is 6.92 Å². The summed E-state index contributed by atoms with van der Waals surface area (Å²) in [5.41, 5.74) is 2.41. The molecule has 28 heavy (non-hydrogen) atoms. The van der Waals surface area contributed by atoms with Gasteiger partial charge in [0.2, 0.25) is 5.91 Å². The minimum absolute atomic E-state index is 0.00121. The van der Waals surface area contributed by atoms with E-state index in [1.54, 1.807) is 30.3 Å². The first-order chi connectivity index (χ1) is 13.5. The van der Waals surface area contributed by atoms with Gasteiger partial charge < -0.3 is 10.3 Å². The average Bonchev–Trinajstić information content (AvgIpc) is 2.92. The summed E-state index contributed by atoms with van der Waals surface area (Å²) in [6.07, 6.45) is 0. The fraction of sp³-hybridized carbons (Fsp3) is 0.143. The first kappa shape index (κ1) is 17.7. The monoisotopic (exact) mass is 375 g/mol. The molecule has 2 aromatic carbocycles. The molecule has 7 heteroatoms. The number of aromatic nitrogens is 1. The zero-order chi connectivity index (χ0) is 19.8. The van der Waals surface area contributed by atoms with Gasteiger partial charge in [0.15, 0.2) is 0 Å². The number of para-hydroxylation sites is 1. The first-order valence-corrected chi connectivity index (χ1v) is 8.79. The molecule has 1 aromatic heterocycles. The molecule has 4 rings (SSSR count). The van der Waals surface area contributed by atoms with Crippen molar-refractivity contribution in [1.82, 2.24) is 15.2 Å². The van der Waals surface area contributed by atoms with Crippen molar-refractivity contribution in [2.45, 2.75) is 13.5 Å². The van der Waals surface area contributed by atoms with E-state index in [1.807, 2.05) is 25.1 Å². The van der Waals surface area contributed by atoms with Crippen molar-refractivity contribution < 1.29 is 14.4 Å². The lowest BCUT2D eigenvalue weighted by atomic mass is 10.1. The van der Waals surface area contributed by atoms with Crippen LogP contribution in [0.1, 0.15) is 31.8 Å². The summed E-state index contributed by atoms with van der Waals surface area (Å²) in [6, 6.07) is 13.9. The molecular formula is C21H17N3O4. The SMILES string of the molecule is Cc1cccc2cc(CNC(=O)CN3C(=O)c4ccccc4C3=O)c(=O)[nH]c12. The maximum absolute atomic E-state index is 12.3. The van der Waals surface area contributed by atoms with E-state index >= 15 is 0 Å². The van der Waals surface area contributed by atoms with Crippen LogP contribution in [-0.4, -0.2) is 34.2 Å². The van der Waals surface area contributed by atoms with Crippen molar-refractivity contribution in [1.29, 1.82) is 0 Å². The van der Waals surface area contributed by atoms with Crippen LogP contribution in [0.2, 0.25) is 0 Å². The predicted octanol–water partition coefficient (Wildman–Crippen LogP) is 1.75. The normalized spacial score (nSPS) is 13.1. The van der Waals surface area contributed by atoms with E-state index in [0.717, 1.165) is 21.4 Å². The summed E-state index contributed by atoms with van der Waals surface area (Å²) in [4.78, 5) is 52.9. The number of aromatic amines is 1. The van der Waals surface area contributed by atoms with Crippen molar-refractivity contribution in [2.24, 2.45) is 0 Å². The summed E-state index contributed by atoms with van der Waals surface area (Å²) >= 11 is 0. The third-order valence-electron chi connectivity index (χ3n) is 4.82. The second-order valence-electron chi connectivity index (χ2n) is 6.68. The largest absolute Gasteiger partial charge is 0.350 e. The van der Waals surface area contributed by atoms with Gasteiger partial charge in [-0.2, -0.15) is 0 Å². The lowest BCUT2D eigenvalue weighted by Gasteiger charge is -2.13. The number of H-pyrrole nitrogens is 1. The van der Waals surface area contributed by atoms with Crippen LogP contribution in [-0.2, 0) is 11.3 Å². The minimum Gasteiger partial charge on any atom is -0.350 e. The Morgan fingerprint density at radius 3 is 2.36 bits per heavy atom. The molecule has 7 nitrogen and oxygen atoms in total. The van der Waals surface area contributed by atoms with Crippen LogP contribution < -0.4 is 10.9 Å². The highest BCUT2D eigenvalue weighted by molar-refractivity contribution is 6.22. The fourth-order valence-electron chi connectivity index (χ4n) is 3.34. The molecule has 140 valence electrons. The topological polar surface area (TPSA) is 99.3 Å². The second-order valence-corrected chi connectivity index (χ2v) is 6.68. The van der Waals surface area contributed by atoms with Gasteiger partial charge in [-0.1, -0.05) is 30.3 Å². The molecule has 1 aliphatic rings. The van der Waals surface area contributed by atoms with Crippen molar-refractivity contribution in [3.05, 3.63) is 81.1 Å². The number of hydrogen-bond donors (Lipinski definition) is 2. The van der Waals surface area contributed by atoms with Crippen molar-refractivity contribution >= 4 is 28.6 Å². The van der Waals surface area contributed by atoms with Gasteiger partial charge in [0.1, 0.15) is 6.54 Å². The lowest BCUT2D eigenvalue weighted by molar-refractivity contribution is -0.121. The van der Waals surface area contributed by atoms with Gasteiger partial charge >= 0.3 is 0 Å². The number of rotatable bonds is 4. The number of fused-ring (bicyclic) bond motifs is 2. The number of carbonyl (C=O) groups is 3. The third-order valence-corrected chi connectivity index (χ3v) is 4.82. The van der Waals surface area contributed by atoms with Crippen LogP contribution in [0.25, 0.3) is 10.9 Å². The first-order valence-electron chi connectivity index (χ1n) is 8.79. The molecule has 0 atom stereocenters. The van der Waals surface area contributed by atoms with Crippen LogP contribution in [0.15, 0.2) is 53.3 Å². The van der Waals surface area contributed by atoms with E-state index in [9.17, 15) is 19.2 Å². The molecule has 0 spiro atoms. The highest BCUT2D eigenvalue weighted by Crippen LogP contribution is 2.22. The van der Waals surface area contributed by atoms with Gasteiger partial charge in [-0.25, -0.2) is 0 Å². The number of amides is 3. The van der Waals surface area contributed by atoms with Gasteiger partial charge in [0.05, 0.1) is 16.6 Å². The predicted molar refractivity (Wildman–Crippen MR) is 103 cm³/mol. The van der Waals surface area contributed by atoms with E-state index in [2.05, 4.69) is 10.3 Å². The Kier molecular flexibility index (Phi) is 4.27. The number of carbonyl (C=O) groups excluding carboxylic acids is 3. The summed E-state index contributed by atoms with van der Waals surface area (Å²) in [6.45, 7) is 1.51. The zero-order valence-corrected chi connectivity index (χ0v) is 15.1. The highest BCUT2D eigenvalue weighted by Gasteiger charge is 2.36. The van der Waals surface area contributed by atoms with E-state index in [1.165, 1.54) is 0 Å². The third kappa shape index (κ3) is 2.96. The smallest absolute Gasteiger partial charge is 0.262 e. The van der Waals surface area contributed by atoms with Crippen molar-refractivity contribution in [2.75, 3.05) is 6.54 Å². The molecule has 2 N–H and O–H groups in total. The molecule has 0 saturated heterocycles. The number of benzene rings is 2. The number of imide groups is 1. The lowest BCUT2D eigenvalue weighted by Crippen LogP contribution is -2.40. The number of aryl methyl sites for hydroxylation is 1. The zero-order valence-electron chi connectivity index (χ0n) is 15.1. The molecule has 3 aromatic rings. The van der Waals surface area contributed by atoms with Gasteiger partial charge in [-0.15, -0.1) is 0 Å². The number of hydrogen-bond acceptors (Lipinski definition) is 4. The highest BCUT2D eigenvalue weighted by atomic mass is 16.2. The van der Waals surface area contributed by atoms with Gasteiger partial charge in [-0.05, 0) is 36.1 Å². The molecule has 0 fully saturated rings. The second kappa shape index (κ2) is 6.77. The molecule has 0 radical (unpaired) electrons. The standard InChI is InChI=1S/C21H17N3O4/c1-12-5-4-6-13-9-14(19(26)23-18(12)13)10-22-17(25)11-24-20(27)15-7-2-3-8-16(15)21(24)28/h2-9H,10-11H2,1H3,(H,22,25)(H,23,26). The van der Waals surface area contributed by atoms with Crippen LogP contribution >= 0.6 is 0 Å². The molecule has 0 bridgehead atoms. The molecular weight excluding hydrogens is 358 g/mol. The fourth-order valence-corrected chi connectivity index (χ4v) is 3.34. The molecule has 0 unspecified atom stereocenters. The number of nitrogens with one attached hydrogen (secondary N) is 2. The van der Waals surface area contributed by atoms with Crippen molar-refractivity contribution in [3.8, 4) is 0 Å². The summed E-state index contributed by atoms with van der Waals surface area (Å²) < 4.78 is 0. The van der Waals surface area contributed by atoms with Crippen molar-refractivity contribution in [3.63, 3.8) is 0 Å². The number of nitrogens with zero attached hydrogens (tertiary/aromatic N) is 1. The van der Waals surface area contributed by atoms with Gasteiger partial charge in [0, 0.05) is 12.1 Å². The molecule has 1 aliphatic heterocycles. The molecule has 0 saturated carbocycles. The summed E-state index contributed by atoms with van der Waals surface area (Å²) in [7, 11) is 0. The molecule has 2 heterocycles. The summed E-state index contributed by atoms with van der Waals surface area (Å²) in [5.74, 6) is -1.50. The Labute approximate surface area is 160 Å². The van der Waals surface area contributed by atoms with E-state index in [4.69, 9.17) is 0 Å². The summed E-state index contributed by atoms with van der Waals surface area (Å²) in [5, 5.41) is 3.47. The maximum Gasteiger partial charge on any atom is 0.262 e. The Morgan fingerprint density at radius 1 is 1.00 bits per heavy atom. The Balaban J connectivity index is 1.47. The quantitative estimate of drug-likeness (QED) is 0.679. The minimum atomic E-state index is -0.516. The van der Waals surface area contributed by atoms with Crippen LogP contribution in [0.4, 0.5) is 0 Å². The van der Waals surface area contributed by atoms with Crippen LogP contribution in [0.3, 0.4) is 0 Å². The Morgan fingerprint density at radius 2 is 1.68 bits per heavy atom. The van der Waals surface area contributed by atoms with Gasteiger partial charge in [-0.3, -0.25) is 24.1 Å². The van der Waals surface area contributed by atoms with E-state index in [0.29, 0.717) is 16.7 Å².